The molecule has 0 saturated heterocycles. The van der Waals surface area contributed by atoms with E-state index >= 15 is 0 Å². The van der Waals surface area contributed by atoms with Crippen molar-refractivity contribution in [2.24, 2.45) is 0 Å². The third-order valence-corrected chi connectivity index (χ3v) is 26.2. The van der Waals surface area contributed by atoms with Gasteiger partial charge in [0.25, 0.3) is 0 Å². The number of para-hydroxylation sites is 2. The summed E-state index contributed by atoms with van der Waals surface area (Å²) in [6.07, 6.45) is 45.1. The SMILES string of the molecule is c1ccc(N[P+](C2CCCCC2)(C2CCCCC2)C2CCCCC2)c(N[P+](C2CCCCC2)(C2CCCCC2)C2CCCCC2)c1. The molecule has 0 amide bonds. The minimum Gasteiger partial charge on any atom is -0.258 e. The van der Waals surface area contributed by atoms with Gasteiger partial charge in [-0.25, -0.2) is 0 Å². The zero-order chi connectivity index (χ0) is 31.1. The topological polar surface area (TPSA) is 24.1 Å². The number of hydrogen-bond acceptors (Lipinski definition) is 2. The van der Waals surface area contributed by atoms with Crippen molar-refractivity contribution in [3.8, 4) is 0 Å². The third-order valence-electron chi connectivity index (χ3n) is 14.6. The second-order valence-electron chi connectivity index (χ2n) is 17.2. The van der Waals surface area contributed by atoms with Crippen LogP contribution in [0.5, 0.6) is 0 Å². The molecular weight excluding hydrogens is 594 g/mol. The Morgan fingerprint density at radius 3 is 0.696 bits per heavy atom. The van der Waals surface area contributed by atoms with Gasteiger partial charge in [-0.15, -0.1) is 0 Å². The van der Waals surface area contributed by atoms with Gasteiger partial charge in [0, 0.05) is 0 Å². The van der Waals surface area contributed by atoms with E-state index in [0.717, 1.165) is 34.0 Å². The summed E-state index contributed by atoms with van der Waals surface area (Å²) >= 11 is 0. The van der Waals surface area contributed by atoms with Gasteiger partial charge in [-0.3, -0.25) is 10.2 Å². The summed E-state index contributed by atoms with van der Waals surface area (Å²) in [4.78, 5) is 0. The molecule has 6 aliphatic carbocycles. The van der Waals surface area contributed by atoms with Gasteiger partial charge in [0.1, 0.15) is 14.8 Å². The lowest BCUT2D eigenvalue weighted by atomic mass is 9.99. The summed E-state index contributed by atoms with van der Waals surface area (Å²) in [5.74, 6) is 0. The van der Waals surface area contributed by atoms with Crippen molar-refractivity contribution in [3.05, 3.63) is 24.3 Å². The summed E-state index contributed by atoms with van der Waals surface area (Å²) in [6.45, 7) is 0. The maximum Gasteiger partial charge on any atom is 0.111 e. The molecule has 2 nitrogen and oxygen atoms in total. The predicted octanol–water partition coefficient (Wildman–Crippen LogP) is 14.4. The quantitative estimate of drug-likeness (QED) is 0.243. The van der Waals surface area contributed by atoms with E-state index in [9.17, 15) is 0 Å². The zero-order valence-corrected chi connectivity index (χ0v) is 31.7. The Bertz CT molecular complexity index is 863. The number of benzene rings is 1. The highest BCUT2D eigenvalue weighted by molar-refractivity contribution is 7.80. The molecule has 1 aromatic rings. The summed E-state index contributed by atoms with van der Waals surface area (Å²) in [5.41, 5.74) is 8.95. The number of rotatable bonds is 10. The van der Waals surface area contributed by atoms with E-state index in [1.807, 2.05) is 0 Å². The van der Waals surface area contributed by atoms with Crippen LogP contribution in [-0.2, 0) is 0 Å². The lowest BCUT2D eigenvalue weighted by Gasteiger charge is -2.50. The maximum absolute atomic E-state index is 4.87. The van der Waals surface area contributed by atoms with Crippen LogP contribution < -0.4 is 10.2 Å². The fourth-order valence-corrected chi connectivity index (χ4v) is 25.7. The van der Waals surface area contributed by atoms with Crippen LogP contribution in [0.3, 0.4) is 0 Å². The molecule has 0 spiro atoms. The maximum atomic E-state index is 4.87. The molecule has 6 saturated carbocycles. The fraction of sp³-hybridized carbons (Fsp3) is 0.857. The van der Waals surface area contributed by atoms with Crippen LogP contribution >= 0.6 is 14.8 Å². The zero-order valence-electron chi connectivity index (χ0n) is 29.9. The average Bonchev–Trinajstić information content (AvgIpc) is 3.15. The molecule has 0 heterocycles. The van der Waals surface area contributed by atoms with E-state index in [1.165, 1.54) is 193 Å². The summed E-state index contributed by atoms with van der Waals surface area (Å²) < 4.78 is 0. The van der Waals surface area contributed by atoms with Crippen LogP contribution in [0, 0.1) is 0 Å². The minimum absolute atomic E-state index is 0.968. The van der Waals surface area contributed by atoms with Crippen molar-refractivity contribution in [1.82, 2.24) is 0 Å². The first-order valence-electron chi connectivity index (χ1n) is 21.2. The first-order valence-corrected chi connectivity index (χ1v) is 25.2. The highest BCUT2D eigenvalue weighted by Crippen LogP contribution is 2.79. The molecule has 7 rings (SSSR count). The van der Waals surface area contributed by atoms with Crippen molar-refractivity contribution in [2.45, 2.75) is 227 Å². The molecule has 46 heavy (non-hydrogen) atoms. The molecule has 258 valence electrons. The van der Waals surface area contributed by atoms with Crippen molar-refractivity contribution in [3.63, 3.8) is 0 Å². The molecule has 1 aromatic carbocycles. The van der Waals surface area contributed by atoms with E-state index in [0.29, 0.717) is 0 Å². The smallest absolute Gasteiger partial charge is 0.111 e. The largest absolute Gasteiger partial charge is 0.258 e. The van der Waals surface area contributed by atoms with Crippen LogP contribution in [-0.4, -0.2) is 34.0 Å². The molecule has 0 bridgehead atoms. The molecule has 6 fully saturated rings. The van der Waals surface area contributed by atoms with Crippen molar-refractivity contribution >= 4 is 26.2 Å². The van der Waals surface area contributed by atoms with E-state index in [1.54, 1.807) is 11.4 Å². The number of hydrogen-bond donors (Lipinski definition) is 2. The number of anilines is 2. The molecule has 0 atom stereocenters. The summed E-state index contributed by atoms with van der Waals surface area (Å²) in [5, 5.41) is 9.74. The highest BCUT2D eigenvalue weighted by Gasteiger charge is 2.60. The lowest BCUT2D eigenvalue weighted by molar-refractivity contribution is 0.452. The van der Waals surface area contributed by atoms with Gasteiger partial charge in [0.2, 0.25) is 0 Å². The monoisotopic (exact) mass is 667 g/mol. The van der Waals surface area contributed by atoms with Crippen LogP contribution in [0.4, 0.5) is 11.4 Å². The van der Waals surface area contributed by atoms with E-state index in [4.69, 9.17) is 10.2 Å². The highest BCUT2D eigenvalue weighted by atomic mass is 31.2. The molecule has 2 N–H and O–H groups in total. The number of nitrogens with one attached hydrogen (secondary N) is 2. The summed E-state index contributed by atoms with van der Waals surface area (Å²) in [6, 6.07) is 9.99. The van der Waals surface area contributed by atoms with Crippen molar-refractivity contribution in [1.29, 1.82) is 0 Å². The van der Waals surface area contributed by atoms with Gasteiger partial charge in [-0.1, -0.05) is 50.7 Å². The van der Waals surface area contributed by atoms with Crippen molar-refractivity contribution < 1.29 is 0 Å². The molecule has 6 aliphatic rings. The minimum atomic E-state index is -1.41. The summed E-state index contributed by atoms with van der Waals surface area (Å²) in [7, 11) is -2.82. The van der Waals surface area contributed by atoms with Crippen molar-refractivity contribution in [2.75, 3.05) is 10.2 Å². The average molecular weight is 667 g/mol. The van der Waals surface area contributed by atoms with Crippen LogP contribution in [0.1, 0.15) is 193 Å². The first kappa shape index (κ1) is 34.1. The van der Waals surface area contributed by atoms with E-state index in [2.05, 4.69) is 24.3 Å². The molecular formula is C42H72N2P2+2. The second-order valence-corrected chi connectivity index (χ2v) is 25.4. The van der Waals surface area contributed by atoms with Gasteiger partial charge in [0.05, 0.1) is 45.3 Å². The Morgan fingerprint density at radius 1 is 0.304 bits per heavy atom. The van der Waals surface area contributed by atoms with E-state index in [-0.39, 0.29) is 0 Å². The molecule has 0 aromatic heterocycles. The van der Waals surface area contributed by atoms with Crippen LogP contribution in [0.25, 0.3) is 0 Å². The van der Waals surface area contributed by atoms with Gasteiger partial charge in [0.15, 0.2) is 0 Å². The first-order chi connectivity index (χ1) is 22.8. The third kappa shape index (κ3) is 7.26. The van der Waals surface area contributed by atoms with Gasteiger partial charge in [-0.05, 0) is 166 Å². The van der Waals surface area contributed by atoms with E-state index < -0.39 is 14.8 Å². The lowest BCUT2D eigenvalue weighted by Crippen LogP contribution is -2.41. The van der Waals surface area contributed by atoms with Crippen LogP contribution in [0.15, 0.2) is 24.3 Å². The van der Waals surface area contributed by atoms with Gasteiger partial charge in [-0.2, -0.15) is 0 Å². The molecule has 0 radical (unpaired) electrons. The Hall–Kier alpha value is -0.320. The van der Waals surface area contributed by atoms with Crippen LogP contribution in [0.2, 0.25) is 0 Å². The molecule has 0 unspecified atom stereocenters. The van der Waals surface area contributed by atoms with Gasteiger partial charge < -0.3 is 0 Å². The second kappa shape index (κ2) is 16.6. The molecule has 0 aliphatic heterocycles. The normalized spacial score (nSPS) is 26.6. The van der Waals surface area contributed by atoms with Gasteiger partial charge >= 0.3 is 0 Å². The Kier molecular flexibility index (Phi) is 12.3. The predicted molar refractivity (Wildman–Crippen MR) is 209 cm³/mol. The Balaban J connectivity index is 1.30. The fourth-order valence-electron chi connectivity index (χ4n) is 12.5. The Morgan fingerprint density at radius 2 is 0.500 bits per heavy atom. The Labute approximate surface area is 286 Å². The molecule has 4 heteroatoms. The standard InChI is InChI=1S/C42H72N2P2/c1-7-21-35(22-8-1)45(36-23-9-2-10-24-36,37-25-11-3-12-26-37)43-41-33-19-20-34-42(41)44-46(38-27-13-4-14-28-38,39-29-15-5-16-30-39)40-31-17-6-18-32-40/h19-20,33-40,43-44H,1-18,21-32H2/q+2.